The van der Waals surface area contributed by atoms with E-state index in [0.717, 1.165) is 11.8 Å². The van der Waals surface area contributed by atoms with Crippen LogP contribution in [0, 0.1) is 17.8 Å². The van der Waals surface area contributed by atoms with Gasteiger partial charge in [0.05, 0.1) is 0 Å². The number of aliphatic carboxylic acids is 1. The number of carboxylic acid groups (broad SMARTS) is 1. The van der Waals surface area contributed by atoms with E-state index in [0.29, 0.717) is 12.3 Å². The van der Waals surface area contributed by atoms with Gasteiger partial charge in [-0.15, -0.1) is 0 Å². The Morgan fingerprint density at radius 3 is 2.42 bits per heavy atom. The third-order valence-electron chi connectivity index (χ3n) is 2.91. The molecule has 0 aromatic heterocycles. The molecule has 0 amide bonds. The molecule has 1 unspecified atom stereocenters. The van der Waals surface area contributed by atoms with Gasteiger partial charge in [0, 0.05) is 6.42 Å². The van der Waals surface area contributed by atoms with E-state index in [9.17, 15) is 4.79 Å². The summed E-state index contributed by atoms with van der Waals surface area (Å²) < 4.78 is 0. The van der Waals surface area contributed by atoms with E-state index in [2.05, 4.69) is 0 Å². The van der Waals surface area contributed by atoms with E-state index < -0.39 is 5.97 Å². The van der Waals surface area contributed by atoms with Gasteiger partial charge in [-0.1, -0.05) is 0 Å². The van der Waals surface area contributed by atoms with Gasteiger partial charge in [0.2, 0.25) is 0 Å². The molecule has 2 aliphatic rings. The van der Waals surface area contributed by atoms with Crippen molar-refractivity contribution >= 4 is 17.7 Å². The summed E-state index contributed by atoms with van der Waals surface area (Å²) in [4.78, 5) is 10.6. The normalized spacial score (nSPS) is 26.3. The quantitative estimate of drug-likeness (QED) is 0.728. The first-order valence-corrected chi connectivity index (χ1v) is 5.72. The molecule has 1 atom stereocenters. The summed E-state index contributed by atoms with van der Waals surface area (Å²) in [6.07, 6.45) is 2.97. The van der Waals surface area contributed by atoms with Gasteiger partial charge in [-0.2, -0.15) is 11.8 Å². The lowest BCUT2D eigenvalue weighted by Crippen LogP contribution is -2.30. The number of hydrogen-bond donors (Lipinski definition) is 1. The number of rotatable bonds is 4. The van der Waals surface area contributed by atoms with Crippen LogP contribution in [-0.2, 0) is 4.79 Å². The molecule has 2 rings (SSSR count). The maximum atomic E-state index is 10.6. The van der Waals surface area contributed by atoms with Gasteiger partial charge >= 0.3 is 5.97 Å². The van der Waals surface area contributed by atoms with Crippen molar-refractivity contribution in [2.45, 2.75) is 19.3 Å². The molecule has 12 heavy (non-hydrogen) atoms. The molecule has 0 radical (unpaired) electrons. The average Bonchev–Trinajstić information content (AvgIpc) is 2.60. The first-order chi connectivity index (χ1) is 5.77. The fourth-order valence-electron chi connectivity index (χ4n) is 1.95. The zero-order chi connectivity index (χ0) is 8.55. The van der Waals surface area contributed by atoms with Crippen molar-refractivity contribution in [3.8, 4) is 0 Å². The van der Waals surface area contributed by atoms with E-state index in [1.54, 1.807) is 0 Å². The second-order valence-corrected chi connectivity index (χ2v) is 4.97. The van der Waals surface area contributed by atoms with Gasteiger partial charge < -0.3 is 5.11 Å². The van der Waals surface area contributed by atoms with E-state index in [4.69, 9.17) is 5.11 Å². The largest absolute Gasteiger partial charge is 0.481 e. The van der Waals surface area contributed by atoms with Crippen molar-refractivity contribution in [3.05, 3.63) is 0 Å². The van der Waals surface area contributed by atoms with Crippen LogP contribution in [0.2, 0.25) is 0 Å². The Balaban J connectivity index is 1.87. The lowest BCUT2D eigenvalue weighted by molar-refractivity contribution is -0.138. The highest BCUT2D eigenvalue weighted by Crippen LogP contribution is 2.46. The molecule has 2 fully saturated rings. The minimum Gasteiger partial charge on any atom is -0.481 e. The maximum Gasteiger partial charge on any atom is 0.303 e. The second kappa shape index (κ2) is 3.29. The van der Waals surface area contributed by atoms with Gasteiger partial charge in [0.15, 0.2) is 0 Å². The average molecular weight is 186 g/mol. The molecule has 0 bridgehead atoms. The Labute approximate surface area is 76.7 Å². The zero-order valence-electron chi connectivity index (χ0n) is 7.03. The van der Waals surface area contributed by atoms with Crippen LogP contribution in [0.5, 0.6) is 0 Å². The number of thioether (sulfide) groups is 1. The van der Waals surface area contributed by atoms with Crippen LogP contribution in [0.4, 0.5) is 0 Å². The fourth-order valence-corrected chi connectivity index (χ4v) is 2.95. The Hall–Kier alpha value is -0.180. The molecule has 0 aromatic rings. The molecule has 3 heteroatoms. The van der Waals surface area contributed by atoms with Crippen LogP contribution in [0.3, 0.4) is 0 Å². The van der Waals surface area contributed by atoms with Crippen molar-refractivity contribution in [2.24, 2.45) is 17.8 Å². The molecule has 2 nitrogen and oxygen atoms in total. The van der Waals surface area contributed by atoms with Crippen molar-refractivity contribution in [1.82, 2.24) is 0 Å². The zero-order valence-corrected chi connectivity index (χ0v) is 7.85. The van der Waals surface area contributed by atoms with Crippen LogP contribution in [0.25, 0.3) is 0 Å². The van der Waals surface area contributed by atoms with Crippen molar-refractivity contribution in [2.75, 3.05) is 11.5 Å². The van der Waals surface area contributed by atoms with Gasteiger partial charge in [-0.3, -0.25) is 4.79 Å². The van der Waals surface area contributed by atoms with Gasteiger partial charge in [0.1, 0.15) is 0 Å². The molecular formula is C9H14O2S. The molecule has 1 aliphatic carbocycles. The first kappa shape index (κ1) is 8.42. The highest BCUT2D eigenvalue weighted by molar-refractivity contribution is 8.00. The third-order valence-corrected chi connectivity index (χ3v) is 4.23. The molecule has 1 saturated heterocycles. The number of carbonyl (C=O) groups is 1. The number of carboxylic acids is 1. The summed E-state index contributed by atoms with van der Waals surface area (Å²) in [7, 11) is 0. The molecule has 68 valence electrons. The van der Waals surface area contributed by atoms with E-state index in [1.807, 2.05) is 11.8 Å². The minimum absolute atomic E-state index is 0.413. The van der Waals surface area contributed by atoms with E-state index in [-0.39, 0.29) is 0 Å². The Bertz CT molecular complexity index is 185. The van der Waals surface area contributed by atoms with Crippen LogP contribution < -0.4 is 0 Å². The molecule has 0 aromatic carbocycles. The summed E-state index contributed by atoms with van der Waals surface area (Å²) >= 11 is 1.95. The molecule has 1 saturated carbocycles. The predicted molar refractivity (Wildman–Crippen MR) is 49.3 cm³/mol. The number of hydrogen-bond acceptors (Lipinski definition) is 2. The monoisotopic (exact) mass is 186 g/mol. The van der Waals surface area contributed by atoms with Crippen LogP contribution in [-0.4, -0.2) is 22.6 Å². The summed E-state index contributed by atoms with van der Waals surface area (Å²) in [5.41, 5.74) is 0. The van der Waals surface area contributed by atoms with Gasteiger partial charge in [0.25, 0.3) is 0 Å². The standard InChI is InChI=1S/C9H14O2S/c10-9(11)3-8(6-1-2-6)7-4-12-5-7/h6-8H,1-5H2,(H,10,11). The Morgan fingerprint density at radius 2 is 2.08 bits per heavy atom. The maximum absolute atomic E-state index is 10.6. The highest BCUT2D eigenvalue weighted by Gasteiger charge is 2.40. The van der Waals surface area contributed by atoms with Crippen molar-refractivity contribution in [3.63, 3.8) is 0 Å². The van der Waals surface area contributed by atoms with Crippen molar-refractivity contribution < 1.29 is 9.90 Å². The van der Waals surface area contributed by atoms with Gasteiger partial charge in [-0.05, 0) is 42.1 Å². The lowest BCUT2D eigenvalue weighted by Gasteiger charge is -2.32. The lowest BCUT2D eigenvalue weighted by atomic mass is 9.87. The molecule has 0 spiro atoms. The third kappa shape index (κ3) is 1.76. The second-order valence-electron chi connectivity index (χ2n) is 3.90. The SMILES string of the molecule is O=C(O)CC(C1CC1)C1CSC1. The molecule has 1 N–H and O–H groups in total. The summed E-state index contributed by atoms with van der Waals surface area (Å²) in [5.74, 6) is 3.78. The van der Waals surface area contributed by atoms with Crippen LogP contribution in [0.15, 0.2) is 0 Å². The van der Waals surface area contributed by atoms with Gasteiger partial charge in [-0.25, -0.2) is 0 Å². The molecular weight excluding hydrogens is 172 g/mol. The highest BCUT2D eigenvalue weighted by atomic mass is 32.2. The smallest absolute Gasteiger partial charge is 0.303 e. The molecule has 1 aliphatic heterocycles. The van der Waals surface area contributed by atoms with Crippen LogP contribution in [0.1, 0.15) is 19.3 Å². The minimum atomic E-state index is -0.608. The van der Waals surface area contributed by atoms with E-state index in [1.165, 1.54) is 24.3 Å². The first-order valence-electron chi connectivity index (χ1n) is 4.57. The van der Waals surface area contributed by atoms with Crippen LogP contribution >= 0.6 is 11.8 Å². The summed E-state index contributed by atoms with van der Waals surface area (Å²) in [6, 6.07) is 0. The fraction of sp³-hybridized carbons (Fsp3) is 0.889. The van der Waals surface area contributed by atoms with E-state index >= 15 is 0 Å². The summed E-state index contributed by atoms with van der Waals surface area (Å²) in [6.45, 7) is 0. The molecule has 1 heterocycles. The predicted octanol–water partition coefficient (Wildman–Crippen LogP) is 1.85. The Morgan fingerprint density at radius 1 is 1.42 bits per heavy atom. The topological polar surface area (TPSA) is 37.3 Å². The summed E-state index contributed by atoms with van der Waals surface area (Å²) in [5, 5.41) is 8.72. The van der Waals surface area contributed by atoms with Crippen molar-refractivity contribution in [1.29, 1.82) is 0 Å². The Kier molecular flexibility index (Phi) is 2.31.